The largest absolute Gasteiger partial charge is 0.332 e. The number of carbonyl (C=O) groups excluding carboxylic acids is 1. The summed E-state index contributed by atoms with van der Waals surface area (Å²) in [6, 6.07) is 8.80. The summed E-state index contributed by atoms with van der Waals surface area (Å²) < 4.78 is 0. The maximum Gasteiger partial charge on any atom is 0.254 e. The zero-order valence-corrected chi connectivity index (χ0v) is 13.6. The molecule has 1 aliphatic carbocycles. The Morgan fingerprint density at radius 2 is 1.95 bits per heavy atom. The van der Waals surface area contributed by atoms with Gasteiger partial charge in [-0.3, -0.25) is 4.79 Å². The Bertz CT molecular complexity index is 677. The molecule has 1 fully saturated rings. The summed E-state index contributed by atoms with van der Waals surface area (Å²) in [6.07, 6.45) is 7.04. The fraction of sp³-hybridized carbons (Fsp3) is 0.421. The van der Waals surface area contributed by atoms with Crippen molar-refractivity contribution in [3.8, 4) is 0 Å². The van der Waals surface area contributed by atoms with Crippen molar-refractivity contribution < 1.29 is 4.79 Å². The van der Waals surface area contributed by atoms with Crippen molar-refractivity contribution in [2.75, 3.05) is 6.54 Å². The summed E-state index contributed by atoms with van der Waals surface area (Å²) in [4.78, 5) is 15.0. The van der Waals surface area contributed by atoms with E-state index in [2.05, 4.69) is 33.9 Å². The van der Waals surface area contributed by atoms with Crippen molar-refractivity contribution in [3.63, 3.8) is 0 Å². The molecular weight excluding hydrogens is 290 g/mol. The van der Waals surface area contributed by atoms with Crippen LogP contribution in [-0.2, 0) is 12.8 Å². The number of aryl methyl sites for hydroxylation is 2. The van der Waals surface area contributed by atoms with E-state index >= 15 is 0 Å². The summed E-state index contributed by atoms with van der Waals surface area (Å²) in [5.74, 6) is 0.210. The van der Waals surface area contributed by atoms with Crippen LogP contribution >= 0.6 is 11.3 Å². The molecule has 2 nitrogen and oxygen atoms in total. The molecule has 2 aliphatic rings. The molecule has 1 aliphatic heterocycles. The monoisotopic (exact) mass is 311 g/mol. The van der Waals surface area contributed by atoms with Crippen molar-refractivity contribution >= 4 is 17.2 Å². The van der Waals surface area contributed by atoms with Crippen LogP contribution in [-0.4, -0.2) is 17.4 Å². The Kier molecular flexibility index (Phi) is 3.75. The molecule has 0 radical (unpaired) electrons. The summed E-state index contributed by atoms with van der Waals surface area (Å²) in [7, 11) is 0. The van der Waals surface area contributed by atoms with Crippen LogP contribution in [0.15, 0.2) is 35.0 Å². The Balaban J connectivity index is 1.61. The molecule has 0 spiro atoms. The maximum absolute atomic E-state index is 13.0. The average Bonchev–Trinajstić information content (AvgIpc) is 3.24. The lowest BCUT2D eigenvalue weighted by atomic mass is 9.90. The van der Waals surface area contributed by atoms with Gasteiger partial charge < -0.3 is 4.90 Å². The SMILES string of the molecule is O=C(c1ccc2c(c1)CCCC2)N1CCC[C@H]1c1ccsc1. The molecule has 1 saturated heterocycles. The summed E-state index contributed by atoms with van der Waals surface area (Å²) >= 11 is 1.72. The van der Waals surface area contributed by atoms with Crippen LogP contribution in [0.4, 0.5) is 0 Å². The van der Waals surface area contributed by atoms with Gasteiger partial charge in [-0.05, 0) is 84.2 Å². The molecule has 3 heteroatoms. The summed E-state index contributed by atoms with van der Waals surface area (Å²) in [6.45, 7) is 0.885. The predicted octanol–water partition coefficient (Wildman–Crippen LogP) is 4.60. The fourth-order valence-corrected chi connectivity index (χ4v) is 4.56. The lowest BCUT2D eigenvalue weighted by molar-refractivity contribution is 0.0736. The molecule has 0 unspecified atom stereocenters. The second-order valence-electron chi connectivity index (χ2n) is 6.40. The van der Waals surface area contributed by atoms with Gasteiger partial charge in [0, 0.05) is 12.1 Å². The van der Waals surface area contributed by atoms with Gasteiger partial charge in [0.05, 0.1) is 6.04 Å². The van der Waals surface area contributed by atoms with E-state index in [1.165, 1.54) is 36.0 Å². The van der Waals surface area contributed by atoms with Gasteiger partial charge in [0.25, 0.3) is 5.91 Å². The number of fused-ring (bicyclic) bond motifs is 1. The molecule has 0 N–H and O–H groups in total. The first kappa shape index (κ1) is 14.0. The number of nitrogens with zero attached hydrogens (tertiary/aromatic N) is 1. The minimum absolute atomic E-state index is 0.210. The van der Waals surface area contributed by atoms with Crippen LogP contribution in [0, 0.1) is 0 Å². The van der Waals surface area contributed by atoms with E-state index < -0.39 is 0 Å². The molecule has 4 rings (SSSR count). The Labute approximate surface area is 135 Å². The average molecular weight is 311 g/mol. The van der Waals surface area contributed by atoms with Gasteiger partial charge in [0.15, 0.2) is 0 Å². The molecule has 1 aromatic heterocycles. The first-order valence-corrected chi connectivity index (χ1v) is 9.22. The first-order chi connectivity index (χ1) is 10.8. The highest BCUT2D eigenvalue weighted by atomic mass is 32.1. The molecule has 1 amide bonds. The normalized spacial score (nSPS) is 20.9. The van der Waals surface area contributed by atoms with Crippen molar-refractivity contribution in [3.05, 3.63) is 57.3 Å². The molecule has 0 bridgehead atoms. The number of hydrogen-bond donors (Lipinski definition) is 0. The Morgan fingerprint density at radius 1 is 1.09 bits per heavy atom. The first-order valence-electron chi connectivity index (χ1n) is 8.28. The summed E-state index contributed by atoms with van der Waals surface area (Å²) in [5.41, 5.74) is 5.01. The van der Waals surface area contributed by atoms with Crippen LogP contribution in [0.5, 0.6) is 0 Å². The van der Waals surface area contributed by atoms with Crippen LogP contribution < -0.4 is 0 Å². The van der Waals surface area contributed by atoms with E-state index in [0.29, 0.717) is 0 Å². The topological polar surface area (TPSA) is 20.3 Å². The zero-order chi connectivity index (χ0) is 14.9. The van der Waals surface area contributed by atoms with Crippen LogP contribution in [0.25, 0.3) is 0 Å². The predicted molar refractivity (Wildman–Crippen MR) is 90.4 cm³/mol. The Hall–Kier alpha value is -1.61. The van der Waals surface area contributed by atoms with E-state index in [9.17, 15) is 4.79 Å². The van der Waals surface area contributed by atoms with Gasteiger partial charge >= 0.3 is 0 Å². The van der Waals surface area contributed by atoms with Gasteiger partial charge in [-0.1, -0.05) is 6.07 Å². The molecule has 1 atom stereocenters. The van der Waals surface area contributed by atoms with Gasteiger partial charge in [-0.25, -0.2) is 0 Å². The third-order valence-corrected chi connectivity index (χ3v) is 5.74. The number of rotatable bonds is 2. The standard InChI is InChI=1S/C19H21NOS/c21-19(16-8-7-14-4-1-2-5-15(14)12-16)20-10-3-6-18(20)17-9-11-22-13-17/h7-9,11-13,18H,1-6,10H2/t18-/m0/s1. The minimum Gasteiger partial charge on any atom is -0.332 e. The molecular formula is C19H21NOS. The smallest absolute Gasteiger partial charge is 0.254 e. The van der Waals surface area contributed by atoms with Crippen molar-refractivity contribution in [1.29, 1.82) is 0 Å². The second-order valence-corrected chi connectivity index (χ2v) is 7.18. The quantitative estimate of drug-likeness (QED) is 0.793. The number of likely N-dealkylation sites (tertiary alicyclic amines) is 1. The second kappa shape index (κ2) is 5.88. The molecule has 0 saturated carbocycles. The van der Waals surface area contributed by atoms with E-state index in [1.807, 2.05) is 6.07 Å². The molecule has 114 valence electrons. The zero-order valence-electron chi connectivity index (χ0n) is 12.8. The fourth-order valence-electron chi connectivity index (χ4n) is 3.85. The lowest BCUT2D eigenvalue weighted by Gasteiger charge is -2.25. The van der Waals surface area contributed by atoms with Crippen LogP contribution in [0.3, 0.4) is 0 Å². The van der Waals surface area contributed by atoms with E-state index in [-0.39, 0.29) is 11.9 Å². The highest BCUT2D eigenvalue weighted by Gasteiger charge is 2.31. The molecule has 2 heterocycles. The van der Waals surface area contributed by atoms with Gasteiger partial charge in [-0.15, -0.1) is 0 Å². The number of hydrogen-bond acceptors (Lipinski definition) is 2. The number of benzene rings is 1. The molecule has 2 aromatic rings. The number of thiophene rings is 1. The van der Waals surface area contributed by atoms with Gasteiger partial charge in [-0.2, -0.15) is 11.3 Å². The third kappa shape index (κ3) is 2.48. The van der Waals surface area contributed by atoms with Gasteiger partial charge in [0.1, 0.15) is 0 Å². The highest BCUT2D eigenvalue weighted by molar-refractivity contribution is 7.08. The van der Waals surface area contributed by atoms with Gasteiger partial charge in [0.2, 0.25) is 0 Å². The lowest BCUT2D eigenvalue weighted by Crippen LogP contribution is -2.30. The van der Waals surface area contributed by atoms with Crippen molar-refractivity contribution in [1.82, 2.24) is 4.90 Å². The minimum atomic E-state index is 0.210. The van der Waals surface area contributed by atoms with Crippen molar-refractivity contribution in [2.45, 2.75) is 44.6 Å². The highest BCUT2D eigenvalue weighted by Crippen LogP contribution is 2.34. The van der Waals surface area contributed by atoms with Crippen LogP contribution in [0.1, 0.15) is 58.8 Å². The third-order valence-electron chi connectivity index (χ3n) is 5.04. The maximum atomic E-state index is 13.0. The van der Waals surface area contributed by atoms with E-state index in [0.717, 1.165) is 31.4 Å². The number of amides is 1. The number of carbonyl (C=O) groups is 1. The van der Waals surface area contributed by atoms with E-state index in [1.54, 1.807) is 11.3 Å². The molecule has 1 aromatic carbocycles. The molecule has 22 heavy (non-hydrogen) atoms. The Morgan fingerprint density at radius 3 is 2.77 bits per heavy atom. The summed E-state index contributed by atoms with van der Waals surface area (Å²) in [5, 5.41) is 4.29. The van der Waals surface area contributed by atoms with E-state index in [4.69, 9.17) is 0 Å². The van der Waals surface area contributed by atoms with Crippen molar-refractivity contribution in [2.24, 2.45) is 0 Å². The van der Waals surface area contributed by atoms with Crippen LogP contribution in [0.2, 0.25) is 0 Å².